The Morgan fingerprint density at radius 1 is 1.40 bits per heavy atom. The summed E-state index contributed by atoms with van der Waals surface area (Å²) in [6.07, 6.45) is -0.151. The number of rotatable bonds is 3. The van der Waals surface area contributed by atoms with E-state index >= 15 is 0 Å². The summed E-state index contributed by atoms with van der Waals surface area (Å²) in [6, 6.07) is 7.40. The first kappa shape index (κ1) is 14.8. The zero-order chi connectivity index (χ0) is 14.5. The number of ether oxygens (including phenoxy) is 1. The maximum Gasteiger partial charge on any atom is 0.242 e. The molecule has 0 bridgehead atoms. The highest BCUT2D eigenvalue weighted by Gasteiger charge is 2.25. The summed E-state index contributed by atoms with van der Waals surface area (Å²) < 4.78 is 5.69. The summed E-state index contributed by atoms with van der Waals surface area (Å²) in [6.45, 7) is 2.94. The van der Waals surface area contributed by atoms with E-state index in [0.29, 0.717) is 24.7 Å². The summed E-state index contributed by atoms with van der Waals surface area (Å²) in [5, 5.41) is 3.19. The molecule has 1 saturated heterocycles. The first-order chi connectivity index (χ1) is 9.56. The van der Waals surface area contributed by atoms with Crippen LogP contribution in [0.5, 0.6) is 0 Å². The Kier molecular flexibility index (Phi) is 4.98. The number of hydrogen-bond donors (Lipinski definition) is 1. The van der Waals surface area contributed by atoms with Crippen LogP contribution in [-0.2, 0) is 14.3 Å². The van der Waals surface area contributed by atoms with Gasteiger partial charge >= 0.3 is 0 Å². The number of nitrogens with zero attached hydrogens (tertiary/aromatic N) is 1. The maximum absolute atomic E-state index is 12.0. The predicted octanol–water partition coefficient (Wildman–Crippen LogP) is 1.38. The van der Waals surface area contributed by atoms with Crippen LogP contribution in [0.15, 0.2) is 24.3 Å². The van der Waals surface area contributed by atoms with Crippen molar-refractivity contribution in [2.45, 2.75) is 13.0 Å². The minimum absolute atomic E-state index is 0.0304. The molecule has 1 heterocycles. The Bertz CT molecular complexity index is 490. The van der Waals surface area contributed by atoms with Crippen molar-refractivity contribution in [2.75, 3.05) is 26.2 Å². The van der Waals surface area contributed by atoms with Crippen molar-refractivity contribution in [3.05, 3.63) is 34.9 Å². The fourth-order valence-electron chi connectivity index (χ4n) is 2.07. The van der Waals surface area contributed by atoms with Gasteiger partial charge in [0.05, 0.1) is 19.7 Å². The molecule has 5 nitrogen and oxygen atoms in total. The van der Waals surface area contributed by atoms with Gasteiger partial charge in [0, 0.05) is 18.5 Å². The zero-order valence-corrected chi connectivity index (χ0v) is 12.0. The standard InChI is InChI=1S/C14H17ClN2O3/c1-10(18)16-8-14(19)17-6-7-20-13(9-17)11-2-4-12(15)5-3-11/h2-5,13H,6-9H2,1H3,(H,16,18)/t13-/m1/s1. The highest BCUT2D eigenvalue weighted by atomic mass is 35.5. The molecule has 1 aromatic rings. The molecule has 6 heteroatoms. The predicted molar refractivity (Wildman–Crippen MR) is 75.4 cm³/mol. The van der Waals surface area contributed by atoms with Gasteiger partial charge < -0.3 is 15.0 Å². The number of hydrogen-bond acceptors (Lipinski definition) is 3. The van der Waals surface area contributed by atoms with Crippen molar-refractivity contribution >= 4 is 23.4 Å². The van der Waals surface area contributed by atoms with Crippen molar-refractivity contribution in [3.63, 3.8) is 0 Å². The Morgan fingerprint density at radius 3 is 2.75 bits per heavy atom. The van der Waals surface area contributed by atoms with Gasteiger partial charge in [0.1, 0.15) is 6.10 Å². The Hall–Kier alpha value is -1.59. The lowest BCUT2D eigenvalue weighted by Crippen LogP contribution is -2.46. The van der Waals surface area contributed by atoms with Crippen LogP contribution in [0.3, 0.4) is 0 Å². The van der Waals surface area contributed by atoms with Gasteiger partial charge in [-0.1, -0.05) is 23.7 Å². The number of carbonyl (C=O) groups excluding carboxylic acids is 2. The Morgan fingerprint density at radius 2 is 2.10 bits per heavy atom. The van der Waals surface area contributed by atoms with Crippen LogP contribution in [0, 0.1) is 0 Å². The fraction of sp³-hybridized carbons (Fsp3) is 0.429. The molecule has 1 aliphatic rings. The Balaban J connectivity index is 1.96. The minimum atomic E-state index is -0.208. The van der Waals surface area contributed by atoms with Gasteiger partial charge in [-0.05, 0) is 17.7 Å². The number of amides is 2. The second-order valence-corrected chi connectivity index (χ2v) is 5.10. The molecule has 1 aliphatic heterocycles. The molecule has 1 aromatic carbocycles. The number of halogens is 1. The molecule has 20 heavy (non-hydrogen) atoms. The normalized spacial score (nSPS) is 18.7. The third-order valence-corrected chi connectivity index (χ3v) is 3.40. The molecule has 0 aromatic heterocycles. The fourth-order valence-corrected chi connectivity index (χ4v) is 2.19. The smallest absolute Gasteiger partial charge is 0.242 e. The first-order valence-corrected chi connectivity index (χ1v) is 6.83. The van der Waals surface area contributed by atoms with E-state index in [-0.39, 0.29) is 24.5 Å². The van der Waals surface area contributed by atoms with E-state index in [9.17, 15) is 9.59 Å². The van der Waals surface area contributed by atoms with Gasteiger partial charge in [0.25, 0.3) is 0 Å². The molecule has 1 atom stereocenters. The number of carbonyl (C=O) groups is 2. The largest absolute Gasteiger partial charge is 0.370 e. The molecule has 1 N–H and O–H groups in total. The second-order valence-electron chi connectivity index (χ2n) is 4.66. The van der Waals surface area contributed by atoms with E-state index in [2.05, 4.69) is 5.32 Å². The van der Waals surface area contributed by atoms with Crippen molar-refractivity contribution < 1.29 is 14.3 Å². The third kappa shape index (κ3) is 3.95. The third-order valence-electron chi connectivity index (χ3n) is 3.15. The lowest BCUT2D eigenvalue weighted by atomic mass is 10.1. The lowest BCUT2D eigenvalue weighted by Gasteiger charge is -2.33. The highest BCUT2D eigenvalue weighted by molar-refractivity contribution is 6.30. The molecule has 0 unspecified atom stereocenters. The van der Waals surface area contributed by atoms with Gasteiger partial charge in [-0.2, -0.15) is 0 Å². The maximum atomic E-state index is 12.0. The topological polar surface area (TPSA) is 58.6 Å². The van der Waals surface area contributed by atoms with E-state index in [1.165, 1.54) is 6.92 Å². The second kappa shape index (κ2) is 6.72. The van der Waals surface area contributed by atoms with Gasteiger partial charge in [0.15, 0.2) is 0 Å². The molecule has 0 aliphatic carbocycles. The number of nitrogens with one attached hydrogen (secondary N) is 1. The summed E-state index contributed by atoms with van der Waals surface area (Å²) in [5.41, 5.74) is 0.992. The molecule has 0 radical (unpaired) electrons. The number of morpholine rings is 1. The van der Waals surface area contributed by atoms with E-state index < -0.39 is 0 Å². The molecule has 0 spiro atoms. The van der Waals surface area contributed by atoms with Crippen LogP contribution in [0.1, 0.15) is 18.6 Å². The van der Waals surface area contributed by atoms with E-state index in [0.717, 1.165) is 5.56 Å². The quantitative estimate of drug-likeness (QED) is 0.917. The lowest BCUT2D eigenvalue weighted by molar-refractivity contribution is -0.139. The molecule has 2 amide bonds. The van der Waals surface area contributed by atoms with Gasteiger partial charge in [-0.3, -0.25) is 9.59 Å². The van der Waals surface area contributed by atoms with Crippen LogP contribution >= 0.6 is 11.6 Å². The monoisotopic (exact) mass is 296 g/mol. The van der Waals surface area contributed by atoms with Crippen LogP contribution in [0.25, 0.3) is 0 Å². The molecule has 2 rings (SSSR count). The van der Waals surface area contributed by atoms with Crippen LogP contribution < -0.4 is 5.32 Å². The summed E-state index contributed by atoms with van der Waals surface area (Å²) in [7, 11) is 0. The highest BCUT2D eigenvalue weighted by Crippen LogP contribution is 2.23. The molecular weight excluding hydrogens is 280 g/mol. The summed E-state index contributed by atoms with van der Waals surface area (Å²) >= 11 is 5.86. The van der Waals surface area contributed by atoms with Gasteiger partial charge in [-0.25, -0.2) is 0 Å². The Labute approximate surface area is 122 Å². The van der Waals surface area contributed by atoms with Crippen LogP contribution in [-0.4, -0.2) is 43.0 Å². The van der Waals surface area contributed by atoms with Crippen molar-refractivity contribution in [3.8, 4) is 0 Å². The van der Waals surface area contributed by atoms with Crippen molar-refractivity contribution in [1.29, 1.82) is 0 Å². The van der Waals surface area contributed by atoms with Gasteiger partial charge in [-0.15, -0.1) is 0 Å². The number of benzene rings is 1. The van der Waals surface area contributed by atoms with Gasteiger partial charge in [0.2, 0.25) is 11.8 Å². The average molecular weight is 297 g/mol. The average Bonchev–Trinajstić information content (AvgIpc) is 2.45. The van der Waals surface area contributed by atoms with Crippen molar-refractivity contribution in [2.24, 2.45) is 0 Å². The molecular formula is C14H17ClN2O3. The minimum Gasteiger partial charge on any atom is -0.370 e. The van der Waals surface area contributed by atoms with Crippen LogP contribution in [0.4, 0.5) is 0 Å². The van der Waals surface area contributed by atoms with E-state index in [1.54, 1.807) is 17.0 Å². The zero-order valence-electron chi connectivity index (χ0n) is 11.3. The van der Waals surface area contributed by atoms with E-state index in [4.69, 9.17) is 16.3 Å². The molecule has 108 valence electrons. The first-order valence-electron chi connectivity index (χ1n) is 6.45. The van der Waals surface area contributed by atoms with E-state index in [1.807, 2.05) is 12.1 Å². The molecule has 1 fully saturated rings. The molecule has 0 saturated carbocycles. The van der Waals surface area contributed by atoms with Crippen molar-refractivity contribution in [1.82, 2.24) is 10.2 Å². The van der Waals surface area contributed by atoms with Crippen LogP contribution in [0.2, 0.25) is 5.02 Å². The SMILES string of the molecule is CC(=O)NCC(=O)N1CCO[C@@H](c2ccc(Cl)cc2)C1. The summed E-state index contributed by atoms with van der Waals surface area (Å²) in [5.74, 6) is -0.302. The summed E-state index contributed by atoms with van der Waals surface area (Å²) in [4.78, 5) is 24.5.